The summed E-state index contributed by atoms with van der Waals surface area (Å²) in [7, 11) is 3.83. The van der Waals surface area contributed by atoms with Gasteiger partial charge in [-0.15, -0.1) is 0 Å². The van der Waals surface area contributed by atoms with E-state index in [4.69, 9.17) is 10.5 Å². The average Bonchev–Trinajstić information content (AvgIpc) is 2.67. The molecule has 0 radical (unpaired) electrons. The molecule has 0 spiro atoms. The van der Waals surface area contributed by atoms with Crippen molar-refractivity contribution in [3.63, 3.8) is 0 Å². The molecule has 0 fully saturated rings. The van der Waals surface area contributed by atoms with Gasteiger partial charge in [0.15, 0.2) is 0 Å². The lowest BCUT2D eigenvalue weighted by Gasteiger charge is -2.18. The fourth-order valence-corrected chi connectivity index (χ4v) is 2.66. The predicted molar refractivity (Wildman–Crippen MR) is 106 cm³/mol. The van der Waals surface area contributed by atoms with Gasteiger partial charge in [-0.1, -0.05) is 49.0 Å². The zero-order chi connectivity index (χ0) is 18.5. The van der Waals surface area contributed by atoms with Crippen molar-refractivity contribution < 1.29 is 4.74 Å². The van der Waals surface area contributed by atoms with Crippen molar-refractivity contribution in [1.29, 1.82) is 0 Å². The van der Waals surface area contributed by atoms with E-state index < -0.39 is 0 Å². The Kier molecular flexibility index (Phi) is 5.17. The van der Waals surface area contributed by atoms with E-state index in [1.165, 1.54) is 6.33 Å². The summed E-state index contributed by atoms with van der Waals surface area (Å²) in [4.78, 5) is 10.3. The van der Waals surface area contributed by atoms with Crippen LogP contribution in [0.3, 0.4) is 0 Å². The van der Waals surface area contributed by atoms with Gasteiger partial charge < -0.3 is 15.4 Å². The number of benzene rings is 2. The zero-order valence-corrected chi connectivity index (χ0v) is 15.0. The minimum absolute atomic E-state index is 0.415. The number of aromatic nitrogens is 2. The SMILES string of the molecule is C=C(c1ccc(OCc2ccccc2)cc1)c1c(N)ncnc1N(C)C. The molecule has 1 heterocycles. The van der Waals surface area contributed by atoms with E-state index in [-0.39, 0.29) is 0 Å². The van der Waals surface area contributed by atoms with Crippen LogP contribution in [-0.4, -0.2) is 24.1 Å². The maximum absolute atomic E-state index is 6.08. The Morgan fingerprint density at radius 2 is 1.73 bits per heavy atom. The summed E-state index contributed by atoms with van der Waals surface area (Å²) < 4.78 is 5.83. The standard InChI is InChI=1S/C21H22N4O/c1-15(19-20(22)23-14-24-21(19)25(2)3)17-9-11-18(12-10-17)26-13-16-7-5-4-6-8-16/h4-12,14H,1,13H2,2-3H3,(H2,22,23,24). The van der Waals surface area contributed by atoms with E-state index in [1.54, 1.807) is 0 Å². The molecule has 0 saturated heterocycles. The van der Waals surface area contributed by atoms with Crippen LogP contribution in [0.2, 0.25) is 0 Å². The summed E-state index contributed by atoms with van der Waals surface area (Å²) in [5, 5.41) is 0. The number of nitrogens with zero attached hydrogens (tertiary/aromatic N) is 3. The lowest BCUT2D eigenvalue weighted by molar-refractivity contribution is 0.306. The average molecular weight is 346 g/mol. The molecule has 0 amide bonds. The number of rotatable bonds is 6. The van der Waals surface area contributed by atoms with Crippen molar-refractivity contribution in [1.82, 2.24) is 9.97 Å². The Labute approximate surface area is 153 Å². The minimum Gasteiger partial charge on any atom is -0.489 e. The van der Waals surface area contributed by atoms with Gasteiger partial charge in [0.2, 0.25) is 0 Å². The van der Waals surface area contributed by atoms with Gasteiger partial charge >= 0.3 is 0 Å². The number of nitrogens with two attached hydrogens (primary N) is 1. The van der Waals surface area contributed by atoms with Crippen LogP contribution in [0, 0.1) is 0 Å². The van der Waals surface area contributed by atoms with Gasteiger partial charge in [0.1, 0.15) is 30.3 Å². The maximum atomic E-state index is 6.08. The largest absolute Gasteiger partial charge is 0.489 e. The second kappa shape index (κ2) is 7.70. The van der Waals surface area contributed by atoms with Crippen LogP contribution in [0.25, 0.3) is 5.57 Å². The van der Waals surface area contributed by atoms with Gasteiger partial charge in [-0.3, -0.25) is 0 Å². The van der Waals surface area contributed by atoms with Crippen LogP contribution >= 0.6 is 0 Å². The fraction of sp³-hybridized carbons (Fsp3) is 0.143. The highest BCUT2D eigenvalue weighted by Gasteiger charge is 2.15. The minimum atomic E-state index is 0.415. The highest BCUT2D eigenvalue weighted by atomic mass is 16.5. The Balaban J connectivity index is 1.78. The monoisotopic (exact) mass is 346 g/mol. The molecule has 132 valence electrons. The molecule has 0 aliphatic heterocycles. The smallest absolute Gasteiger partial charge is 0.141 e. The summed E-state index contributed by atoms with van der Waals surface area (Å²) in [5.74, 6) is 1.96. The molecule has 0 saturated carbocycles. The second-order valence-corrected chi connectivity index (χ2v) is 6.13. The second-order valence-electron chi connectivity index (χ2n) is 6.13. The Morgan fingerprint density at radius 3 is 2.38 bits per heavy atom. The molecule has 0 aliphatic rings. The first-order valence-electron chi connectivity index (χ1n) is 8.30. The molecular weight excluding hydrogens is 324 g/mol. The van der Waals surface area contributed by atoms with E-state index in [0.717, 1.165) is 33.8 Å². The topological polar surface area (TPSA) is 64.3 Å². The van der Waals surface area contributed by atoms with E-state index in [1.807, 2.05) is 73.6 Å². The van der Waals surface area contributed by atoms with E-state index >= 15 is 0 Å². The third-order valence-corrected chi connectivity index (χ3v) is 4.03. The van der Waals surface area contributed by atoms with E-state index in [9.17, 15) is 0 Å². The third kappa shape index (κ3) is 3.83. The van der Waals surface area contributed by atoms with E-state index in [0.29, 0.717) is 12.4 Å². The molecule has 2 N–H and O–H groups in total. The molecular formula is C21H22N4O. The maximum Gasteiger partial charge on any atom is 0.141 e. The summed E-state index contributed by atoms with van der Waals surface area (Å²) >= 11 is 0. The molecule has 0 atom stereocenters. The summed E-state index contributed by atoms with van der Waals surface area (Å²) in [6.45, 7) is 4.73. The van der Waals surface area contributed by atoms with Crippen molar-refractivity contribution in [3.8, 4) is 5.75 Å². The van der Waals surface area contributed by atoms with Crippen LogP contribution in [0.5, 0.6) is 5.75 Å². The molecule has 3 aromatic rings. The first-order valence-corrected chi connectivity index (χ1v) is 8.30. The first-order chi connectivity index (χ1) is 12.6. The Hall–Kier alpha value is -3.34. The van der Waals surface area contributed by atoms with Gasteiger partial charge in [0, 0.05) is 14.1 Å². The predicted octanol–water partition coefficient (Wildman–Crippen LogP) is 3.77. The number of nitrogen functional groups attached to an aromatic ring is 1. The van der Waals surface area contributed by atoms with Crippen molar-refractivity contribution >= 4 is 17.2 Å². The third-order valence-electron chi connectivity index (χ3n) is 4.03. The lowest BCUT2D eigenvalue weighted by atomic mass is 10.00. The number of anilines is 2. The molecule has 0 bridgehead atoms. The summed E-state index contributed by atoms with van der Waals surface area (Å²) in [6.07, 6.45) is 1.46. The van der Waals surface area contributed by atoms with Crippen molar-refractivity contribution in [2.45, 2.75) is 6.61 Å². The Bertz CT molecular complexity index is 890. The number of ether oxygens (including phenoxy) is 1. The quantitative estimate of drug-likeness (QED) is 0.736. The lowest BCUT2D eigenvalue weighted by Crippen LogP contribution is -2.15. The van der Waals surface area contributed by atoms with Crippen molar-refractivity contribution in [2.24, 2.45) is 0 Å². The Morgan fingerprint density at radius 1 is 1.04 bits per heavy atom. The molecule has 1 aromatic heterocycles. The van der Waals surface area contributed by atoms with Gasteiger partial charge in [0.25, 0.3) is 0 Å². The molecule has 2 aromatic carbocycles. The summed E-state index contributed by atoms with van der Waals surface area (Å²) in [6, 6.07) is 17.9. The van der Waals surface area contributed by atoms with Crippen LogP contribution in [-0.2, 0) is 6.61 Å². The van der Waals surface area contributed by atoms with Gasteiger partial charge in [-0.25, -0.2) is 9.97 Å². The molecule has 3 rings (SSSR count). The van der Waals surface area contributed by atoms with Gasteiger partial charge in [-0.05, 0) is 28.8 Å². The highest BCUT2D eigenvalue weighted by Crippen LogP contribution is 2.32. The van der Waals surface area contributed by atoms with Crippen LogP contribution in [0.1, 0.15) is 16.7 Å². The van der Waals surface area contributed by atoms with Crippen LogP contribution in [0.4, 0.5) is 11.6 Å². The van der Waals surface area contributed by atoms with Crippen LogP contribution in [0.15, 0.2) is 67.5 Å². The molecule has 26 heavy (non-hydrogen) atoms. The number of hydrogen-bond donors (Lipinski definition) is 1. The summed E-state index contributed by atoms with van der Waals surface area (Å²) in [5.41, 5.74) is 9.68. The number of hydrogen-bond acceptors (Lipinski definition) is 5. The first kappa shape index (κ1) is 17.5. The molecule has 5 heteroatoms. The molecule has 5 nitrogen and oxygen atoms in total. The van der Waals surface area contributed by atoms with Crippen molar-refractivity contribution in [2.75, 3.05) is 24.7 Å². The van der Waals surface area contributed by atoms with Gasteiger partial charge in [0.05, 0.1) is 5.56 Å². The van der Waals surface area contributed by atoms with Crippen LogP contribution < -0.4 is 15.4 Å². The van der Waals surface area contributed by atoms with Gasteiger partial charge in [-0.2, -0.15) is 0 Å². The molecule has 0 aliphatic carbocycles. The van der Waals surface area contributed by atoms with Crippen molar-refractivity contribution in [3.05, 3.63) is 84.2 Å². The molecule has 0 unspecified atom stereocenters. The highest BCUT2D eigenvalue weighted by molar-refractivity contribution is 5.88. The normalized spacial score (nSPS) is 10.4. The zero-order valence-electron chi connectivity index (χ0n) is 15.0. The van der Waals surface area contributed by atoms with E-state index in [2.05, 4.69) is 16.5 Å². The fourth-order valence-electron chi connectivity index (χ4n) is 2.66.